The molecule has 0 bridgehead atoms. The molecule has 0 amide bonds. The fourth-order valence-corrected chi connectivity index (χ4v) is 1.37. The lowest BCUT2D eigenvalue weighted by atomic mass is 10.2. The molecule has 3 nitrogen and oxygen atoms in total. The average Bonchev–Trinajstić information content (AvgIpc) is 2.25. The zero-order valence-corrected chi connectivity index (χ0v) is 10.1. The minimum atomic E-state index is 0.184. The van der Waals surface area contributed by atoms with Gasteiger partial charge in [-0.3, -0.25) is 0 Å². The first-order valence-electron chi connectivity index (χ1n) is 5.00. The van der Waals surface area contributed by atoms with Gasteiger partial charge in [0, 0.05) is 18.1 Å². The molecule has 0 unspecified atom stereocenters. The summed E-state index contributed by atoms with van der Waals surface area (Å²) in [5.41, 5.74) is 0.825. The summed E-state index contributed by atoms with van der Waals surface area (Å²) in [7, 11) is 1.54. The number of pyridine rings is 1. The topological polar surface area (TPSA) is 39.2 Å². The molecule has 0 N–H and O–H groups in total. The quantitative estimate of drug-likeness (QED) is 0.741. The van der Waals surface area contributed by atoms with E-state index in [1.54, 1.807) is 20.1 Å². The van der Waals surface area contributed by atoms with Gasteiger partial charge in [-0.2, -0.15) is 0 Å². The van der Waals surface area contributed by atoms with Crippen molar-refractivity contribution in [2.45, 2.75) is 19.8 Å². The number of Topliss-reactive ketones (excluding diaryl/α,β-unsaturated/α-hetero) is 1. The van der Waals surface area contributed by atoms with Gasteiger partial charge in [-0.25, -0.2) is 4.98 Å². The molecule has 16 heavy (non-hydrogen) atoms. The number of hydrogen-bond donors (Lipinski definition) is 0. The van der Waals surface area contributed by atoms with Gasteiger partial charge >= 0.3 is 0 Å². The Morgan fingerprint density at radius 3 is 2.88 bits per heavy atom. The van der Waals surface area contributed by atoms with Crippen LogP contribution in [0.2, 0.25) is 5.15 Å². The van der Waals surface area contributed by atoms with Gasteiger partial charge in [0.15, 0.2) is 0 Å². The van der Waals surface area contributed by atoms with Gasteiger partial charge in [0.2, 0.25) is 5.88 Å². The normalized spacial score (nSPS) is 10.7. The van der Waals surface area contributed by atoms with Crippen LogP contribution in [0.4, 0.5) is 0 Å². The molecule has 0 aliphatic rings. The summed E-state index contributed by atoms with van der Waals surface area (Å²) in [5, 5.41) is 0.401. The molecular weight excluding hydrogens is 226 g/mol. The second-order valence-electron chi connectivity index (χ2n) is 3.38. The monoisotopic (exact) mass is 239 g/mol. The molecule has 1 heterocycles. The zero-order valence-electron chi connectivity index (χ0n) is 9.37. The molecule has 0 fully saturated rings. The van der Waals surface area contributed by atoms with Gasteiger partial charge in [-0.1, -0.05) is 23.8 Å². The van der Waals surface area contributed by atoms with Gasteiger partial charge in [0.1, 0.15) is 10.9 Å². The van der Waals surface area contributed by atoms with E-state index in [0.29, 0.717) is 17.5 Å². The third kappa shape index (κ3) is 4.03. The number of halogens is 1. The molecule has 1 aromatic rings. The fourth-order valence-electron chi connectivity index (χ4n) is 1.16. The molecule has 0 atom stereocenters. The third-order valence-corrected chi connectivity index (χ3v) is 2.32. The van der Waals surface area contributed by atoms with Crippen molar-refractivity contribution in [3.05, 3.63) is 28.9 Å². The van der Waals surface area contributed by atoms with Crippen LogP contribution in [0.25, 0.3) is 6.08 Å². The smallest absolute Gasteiger partial charge is 0.214 e. The maximum absolute atomic E-state index is 10.7. The Bertz CT molecular complexity index is 402. The van der Waals surface area contributed by atoms with Crippen LogP contribution in [-0.4, -0.2) is 17.9 Å². The molecule has 0 saturated heterocycles. The van der Waals surface area contributed by atoms with Crippen LogP contribution >= 0.6 is 11.6 Å². The van der Waals surface area contributed by atoms with Crippen molar-refractivity contribution in [1.82, 2.24) is 4.98 Å². The summed E-state index contributed by atoms with van der Waals surface area (Å²) in [6, 6.07) is 3.58. The third-order valence-electron chi connectivity index (χ3n) is 2.02. The van der Waals surface area contributed by atoms with Crippen LogP contribution < -0.4 is 4.74 Å². The number of carbonyl (C=O) groups is 1. The fraction of sp³-hybridized carbons (Fsp3) is 0.333. The number of allylic oxidation sites excluding steroid dienone is 1. The van der Waals surface area contributed by atoms with Gasteiger partial charge in [-0.05, 0) is 19.4 Å². The summed E-state index contributed by atoms with van der Waals surface area (Å²) in [4.78, 5) is 14.7. The lowest BCUT2D eigenvalue weighted by Gasteiger charge is -2.01. The van der Waals surface area contributed by atoms with Crippen LogP contribution in [0.1, 0.15) is 25.3 Å². The molecule has 0 spiro atoms. The molecule has 86 valence electrons. The highest BCUT2D eigenvalue weighted by atomic mass is 35.5. The predicted molar refractivity (Wildman–Crippen MR) is 64.7 cm³/mol. The number of ether oxygens (including phenoxy) is 1. The maximum Gasteiger partial charge on any atom is 0.214 e. The maximum atomic E-state index is 10.7. The SMILES string of the molecule is COc1ccc(/C=C/CCC(C)=O)c(Cl)n1. The van der Waals surface area contributed by atoms with Crippen molar-refractivity contribution in [3.8, 4) is 5.88 Å². The summed E-state index contributed by atoms with van der Waals surface area (Å²) in [5.74, 6) is 0.675. The Morgan fingerprint density at radius 1 is 1.56 bits per heavy atom. The molecule has 0 aliphatic heterocycles. The molecule has 4 heteroatoms. The summed E-state index contributed by atoms with van der Waals surface area (Å²) < 4.78 is 4.94. The number of carbonyl (C=O) groups excluding carboxylic acids is 1. The Kier molecular flexibility index (Phi) is 4.99. The molecule has 0 aliphatic carbocycles. The predicted octanol–water partition coefficient (Wildman–Crippen LogP) is 3.13. The van der Waals surface area contributed by atoms with E-state index in [4.69, 9.17) is 16.3 Å². The Morgan fingerprint density at radius 2 is 2.31 bits per heavy atom. The van der Waals surface area contributed by atoms with Gasteiger partial charge in [0.25, 0.3) is 0 Å². The van der Waals surface area contributed by atoms with E-state index in [1.165, 1.54) is 0 Å². The number of methoxy groups -OCH3 is 1. The van der Waals surface area contributed by atoms with E-state index in [1.807, 2.05) is 18.2 Å². The van der Waals surface area contributed by atoms with E-state index in [9.17, 15) is 4.79 Å². The van der Waals surface area contributed by atoms with Crippen LogP contribution in [0, 0.1) is 0 Å². The highest BCUT2D eigenvalue weighted by Gasteiger charge is 2.00. The zero-order chi connectivity index (χ0) is 12.0. The van der Waals surface area contributed by atoms with Crippen molar-refractivity contribution in [1.29, 1.82) is 0 Å². The number of hydrogen-bond acceptors (Lipinski definition) is 3. The van der Waals surface area contributed by atoms with E-state index in [-0.39, 0.29) is 5.78 Å². The first kappa shape index (κ1) is 12.7. The first-order valence-corrected chi connectivity index (χ1v) is 5.38. The molecule has 1 rings (SSSR count). The Hall–Kier alpha value is -1.35. The Labute approximate surface area is 100 Å². The van der Waals surface area contributed by atoms with E-state index in [0.717, 1.165) is 12.0 Å². The van der Waals surface area contributed by atoms with Crippen molar-refractivity contribution in [2.75, 3.05) is 7.11 Å². The standard InChI is InChI=1S/C12H14ClNO2/c1-9(15)5-3-4-6-10-7-8-11(16-2)14-12(10)13/h4,6-8H,3,5H2,1-2H3/b6-4+. The van der Waals surface area contributed by atoms with Gasteiger partial charge in [-0.15, -0.1) is 0 Å². The largest absolute Gasteiger partial charge is 0.481 e. The summed E-state index contributed by atoms with van der Waals surface area (Å²) >= 11 is 5.94. The van der Waals surface area contributed by atoms with E-state index < -0.39 is 0 Å². The van der Waals surface area contributed by atoms with E-state index >= 15 is 0 Å². The minimum Gasteiger partial charge on any atom is -0.481 e. The van der Waals surface area contributed by atoms with Gasteiger partial charge in [0.05, 0.1) is 7.11 Å². The minimum absolute atomic E-state index is 0.184. The van der Waals surface area contributed by atoms with Crippen LogP contribution in [0.15, 0.2) is 18.2 Å². The van der Waals surface area contributed by atoms with Crippen LogP contribution in [0.5, 0.6) is 5.88 Å². The van der Waals surface area contributed by atoms with Crippen molar-refractivity contribution < 1.29 is 9.53 Å². The summed E-state index contributed by atoms with van der Waals surface area (Å²) in [6.07, 6.45) is 5.05. The molecular formula is C12H14ClNO2. The molecule has 1 aromatic heterocycles. The lowest BCUT2D eigenvalue weighted by molar-refractivity contribution is -0.116. The van der Waals surface area contributed by atoms with Crippen molar-refractivity contribution >= 4 is 23.5 Å². The highest BCUT2D eigenvalue weighted by molar-refractivity contribution is 6.30. The average molecular weight is 240 g/mol. The Balaban J connectivity index is 2.63. The number of rotatable bonds is 5. The summed E-state index contributed by atoms with van der Waals surface area (Å²) in [6.45, 7) is 1.58. The second-order valence-corrected chi connectivity index (χ2v) is 3.73. The van der Waals surface area contributed by atoms with Crippen molar-refractivity contribution in [3.63, 3.8) is 0 Å². The first-order chi connectivity index (χ1) is 7.63. The highest BCUT2D eigenvalue weighted by Crippen LogP contribution is 2.19. The number of nitrogens with zero attached hydrogens (tertiary/aromatic N) is 1. The number of aromatic nitrogens is 1. The molecule has 0 radical (unpaired) electrons. The molecule has 0 aromatic carbocycles. The van der Waals surface area contributed by atoms with Crippen LogP contribution in [-0.2, 0) is 4.79 Å². The van der Waals surface area contributed by atoms with Crippen molar-refractivity contribution in [2.24, 2.45) is 0 Å². The lowest BCUT2D eigenvalue weighted by Crippen LogP contribution is -1.89. The second kappa shape index (κ2) is 6.28. The van der Waals surface area contributed by atoms with Crippen LogP contribution in [0.3, 0.4) is 0 Å². The number of ketones is 1. The van der Waals surface area contributed by atoms with Gasteiger partial charge < -0.3 is 9.53 Å². The molecule has 0 saturated carbocycles. The van der Waals surface area contributed by atoms with E-state index in [2.05, 4.69) is 4.98 Å².